The number of imide groups is 1. The lowest BCUT2D eigenvalue weighted by Crippen LogP contribution is -2.32. The fourth-order valence-electron chi connectivity index (χ4n) is 3.20. The molecular weight excluding hydrogens is 454 g/mol. The van der Waals surface area contributed by atoms with Crippen molar-refractivity contribution in [2.75, 3.05) is 5.32 Å². The van der Waals surface area contributed by atoms with Crippen molar-refractivity contribution in [2.45, 2.75) is 6.54 Å². The number of nitrogens with one attached hydrogen (secondary N) is 1. The molecule has 150 valence electrons. The van der Waals surface area contributed by atoms with E-state index >= 15 is 0 Å². The summed E-state index contributed by atoms with van der Waals surface area (Å²) in [6, 6.07) is 18.1. The third kappa shape index (κ3) is 4.02. The predicted molar refractivity (Wildman–Crippen MR) is 113 cm³/mol. The first kappa shape index (κ1) is 20.0. The van der Waals surface area contributed by atoms with Gasteiger partial charge in [-0.1, -0.05) is 46.3 Å². The Hall–Kier alpha value is -3.32. The molecule has 4 rings (SSSR count). The quantitative estimate of drug-likeness (QED) is 0.528. The predicted octanol–water partition coefficient (Wildman–Crippen LogP) is 5.12. The molecule has 0 aromatic heterocycles. The second kappa shape index (κ2) is 8.20. The van der Waals surface area contributed by atoms with E-state index in [9.17, 15) is 18.4 Å². The van der Waals surface area contributed by atoms with E-state index in [1.165, 1.54) is 48.5 Å². The summed E-state index contributed by atoms with van der Waals surface area (Å²) >= 11 is 3.38. The van der Waals surface area contributed by atoms with E-state index in [1.807, 2.05) is 6.07 Å². The smallest absolute Gasteiger partial charge is 0.278 e. The molecule has 0 atom stereocenters. The van der Waals surface area contributed by atoms with E-state index in [4.69, 9.17) is 0 Å². The Labute approximate surface area is 180 Å². The third-order valence-corrected chi connectivity index (χ3v) is 5.14. The summed E-state index contributed by atoms with van der Waals surface area (Å²) in [5.74, 6) is -1.86. The summed E-state index contributed by atoms with van der Waals surface area (Å²) < 4.78 is 27.4. The van der Waals surface area contributed by atoms with Gasteiger partial charge in [0, 0.05) is 10.2 Å². The molecule has 0 saturated heterocycles. The van der Waals surface area contributed by atoms with E-state index in [-0.39, 0.29) is 17.8 Å². The van der Waals surface area contributed by atoms with Gasteiger partial charge >= 0.3 is 0 Å². The number of hydrogen-bond acceptors (Lipinski definition) is 3. The summed E-state index contributed by atoms with van der Waals surface area (Å²) in [5.41, 5.74) is 1.91. The minimum Gasteiger partial charge on any atom is -0.350 e. The van der Waals surface area contributed by atoms with Gasteiger partial charge in [-0.05, 0) is 53.6 Å². The van der Waals surface area contributed by atoms with Gasteiger partial charge in [0.15, 0.2) is 0 Å². The average molecular weight is 469 g/mol. The lowest BCUT2D eigenvalue weighted by molar-refractivity contribution is -0.137. The number of nitrogens with zero attached hydrogens (tertiary/aromatic N) is 1. The molecule has 1 heterocycles. The number of amides is 2. The number of anilines is 1. The van der Waals surface area contributed by atoms with Crippen LogP contribution in [0.2, 0.25) is 0 Å². The van der Waals surface area contributed by atoms with E-state index in [1.54, 1.807) is 18.2 Å². The van der Waals surface area contributed by atoms with Crippen molar-refractivity contribution < 1.29 is 18.4 Å². The molecule has 0 saturated carbocycles. The summed E-state index contributed by atoms with van der Waals surface area (Å²) in [6.07, 6.45) is 0. The summed E-state index contributed by atoms with van der Waals surface area (Å²) in [6.45, 7) is -0.00763. The van der Waals surface area contributed by atoms with Crippen LogP contribution >= 0.6 is 15.9 Å². The number of rotatable bonds is 5. The second-order valence-electron chi connectivity index (χ2n) is 6.72. The van der Waals surface area contributed by atoms with Crippen molar-refractivity contribution in [1.29, 1.82) is 0 Å². The number of carbonyl (C=O) groups excluding carboxylic acids is 2. The minimum absolute atomic E-state index is 0.00763. The number of hydrogen-bond donors (Lipinski definition) is 1. The molecule has 3 aromatic carbocycles. The first-order valence-corrected chi connectivity index (χ1v) is 9.85. The van der Waals surface area contributed by atoms with Crippen LogP contribution in [0.5, 0.6) is 0 Å². The zero-order valence-electron chi connectivity index (χ0n) is 15.5. The van der Waals surface area contributed by atoms with Crippen molar-refractivity contribution in [3.63, 3.8) is 0 Å². The number of benzene rings is 3. The SMILES string of the molecule is O=C1C(Nc2cccc(Br)c2)=C(c2ccc(F)cc2)C(=O)N1Cc1ccc(F)cc1. The monoisotopic (exact) mass is 468 g/mol. The Bertz CT molecular complexity index is 1160. The highest BCUT2D eigenvalue weighted by Gasteiger charge is 2.39. The largest absolute Gasteiger partial charge is 0.350 e. The van der Waals surface area contributed by atoms with Gasteiger partial charge in [-0.25, -0.2) is 8.78 Å². The third-order valence-electron chi connectivity index (χ3n) is 4.65. The van der Waals surface area contributed by atoms with E-state index < -0.39 is 23.4 Å². The molecule has 1 aliphatic heterocycles. The van der Waals surface area contributed by atoms with Crippen molar-refractivity contribution >= 4 is 39.0 Å². The molecule has 7 heteroatoms. The lowest BCUT2D eigenvalue weighted by Gasteiger charge is -2.15. The first-order valence-electron chi connectivity index (χ1n) is 9.06. The zero-order valence-corrected chi connectivity index (χ0v) is 17.1. The van der Waals surface area contributed by atoms with Crippen molar-refractivity contribution in [3.8, 4) is 0 Å². The molecular formula is C23H15BrF2N2O2. The minimum atomic E-state index is -0.511. The molecule has 0 aliphatic carbocycles. The van der Waals surface area contributed by atoms with Gasteiger partial charge in [-0.2, -0.15) is 0 Å². The van der Waals surface area contributed by atoms with Crippen molar-refractivity contribution in [3.05, 3.63) is 106 Å². The van der Waals surface area contributed by atoms with E-state index in [0.717, 1.165) is 9.37 Å². The number of carbonyl (C=O) groups is 2. The van der Waals surface area contributed by atoms with E-state index in [2.05, 4.69) is 21.2 Å². The van der Waals surface area contributed by atoms with Crippen LogP contribution in [0.3, 0.4) is 0 Å². The van der Waals surface area contributed by atoms with Crippen LogP contribution in [0.25, 0.3) is 5.57 Å². The van der Waals surface area contributed by atoms with Crippen molar-refractivity contribution in [2.24, 2.45) is 0 Å². The zero-order chi connectivity index (χ0) is 21.3. The average Bonchev–Trinajstić information content (AvgIpc) is 2.95. The van der Waals surface area contributed by atoms with Gasteiger partial charge in [0.05, 0.1) is 12.1 Å². The summed E-state index contributed by atoms with van der Waals surface area (Å²) in [7, 11) is 0. The highest BCUT2D eigenvalue weighted by Crippen LogP contribution is 2.32. The van der Waals surface area contributed by atoms with Gasteiger partial charge < -0.3 is 5.32 Å². The molecule has 4 nitrogen and oxygen atoms in total. The van der Waals surface area contributed by atoms with Crippen LogP contribution in [0, 0.1) is 11.6 Å². The van der Waals surface area contributed by atoms with Crippen LogP contribution in [-0.2, 0) is 16.1 Å². The summed E-state index contributed by atoms with van der Waals surface area (Å²) in [4.78, 5) is 27.4. The van der Waals surface area contributed by atoms with Gasteiger partial charge in [0.1, 0.15) is 17.3 Å². The molecule has 1 aliphatic rings. The van der Waals surface area contributed by atoms with Crippen LogP contribution in [0.4, 0.5) is 14.5 Å². The molecule has 0 spiro atoms. The highest BCUT2D eigenvalue weighted by molar-refractivity contribution is 9.10. The molecule has 0 bridgehead atoms. The van der Waals surface area contributed by atoms with Crippen molar-refractivity contribution in [1.82, 2.24) is 4.90 Å². The standard InChI is InChI=1S/C23H15BrF2N2O2/c24-16-2-1-3-19(12-16)27-21-20(15-6-10-18(26)11-7-15)22(29)28(23(21)30)13-14-4-8-17(25)9-5-14/h1-12,27H,13H2. The van der Waals surface area contributed by atoms with Gasteiger partial charge in [-0.15, -0.1) is 0 Å². The van der Waals surface area contributed by atoms with Gasteiger partial charge in [0.25, 0.3) is 11.8 Å². The van der Waals surface area contributed by atoms with Crippen LogP contribution in [0.1, 0.15) is 11.1 Å². The molecule has 0 fully saturated rings. The highest BCUT2D eigenvalue weighted by atomic mass is 79.9. The Morgan fingerprint density at radius 3 is 2.10 bits per heavy atom. The molecule has 0 radical (unpaired) electrons. The maximum Gasteiger partial charge on any atom is 0.278 e. The van der Waals surface area contributed by atoms with Crippen LogP contribution < -0.4 is 5.32 Å². The molecule has 30 heavy (non-hydrogen) atoms. The fraction of sp³-hybridized carbons (Fsp3) is 0.0435. The maximum atomic E-state index is 13.4. The Morgan fingerprint density at radius 1 is 0.833 bits per heavy atom. The normalized spacial score (nSPS) is 13.9. The molecule has 2 amide bonds. The first-order chi connectivity index (χ1) is 14.4. The molecule has 3 aromatic rings. The summed E-state index contributed by atoms with van der Waals surface area (Å²) in [5, 5.41) is 3.03. The second-order valence-corrected chi connectivity index (χ2v) is 7.63. The topological polar surface area (TPSA) is 49.4 Å². The lowest BCUT2D eigenvalue weighted by atomic mass is 10.0. The van der Waals surface area contributed by atoms with Crippen LogP contribution in [0.15, 0.2) is 83.0 Å². The Balaban J connectivity index is 1.73. The van der Waals surface area contributed by atoms with Gasteiger partial charge in [0.2, 0.25) is 0 Å². The number of halogens is 3. The maximum absolute atomic E-state index is 13.4. The molecule has 0 unspecified atom stereocenters. The Kier molecular flexibility index (Phi) is 5.46. The fourth-order valence-corrected chi connectivity index (χ4v) is 3.60. The van der Waals surface area contributed by atoms with Crippen LogP contribution in [-0.4, -0.2) is 16.7 Å². The van der Waals surface area contributed by atoms with Gasteiger partial charge in [-0.3, -0.25) is 14.5 Å². The molecule has 1 N–H and O–H groups in total. The Morgan fingerprint density at radius 2 is 1.47 bits per heavy atom. The van der Waals surface area contributed by atoms with E-state index in [0.29, 0.717) is 16.8 Å².